The molecule has 0 aliphatic rings. The highest BCUT2D eigenvalue weighted by Crippen LogP contribution is 2.24. The van der Waals surface area contributed by atoms with E-state index in [9.17, 15) is 0 Å². The van der Waals surface area contributed by atoms with E-state index in [1.807, 2.05) is 24.3 Å². The van der Waals surface area contributed by atoms with Gasteiger partial charge in [0, 0.05) is 10.0 Å². The van der Waals surface area contributed by atoms with Crippen LogP contribution in [-0.2, 0) is 0 Å². The van der Waals surface area contributed by atoms with Crippen molar-refractivity contribution in [3.05, 3.63) is 71.0 Å². The number of hydrogen-bond donors (Lipinski definition) is 0. The Kier molecular flexibility index (Phi) is 3.63. The second-order valence-corrected chi connectivity index (χ2v) is 5.03. The molecule has 5 heteroatoms. The lowest BCUT2D eigenvalue weighted by Gasteiger charge is -2.02. The van der Waals surface area contributed by atoms with Gasteiger partial charge in [0.15, 0.2) is 5.75 Å². The van der Waals surface area contributed by atoms with E-state index in [-0.39, 0.29) is 0 Å². The number of halogens is 2. The minimum atomic E-state index is 0.646. The lowest BCUT2D eigenvalue weighted by Crippen LogP contribution is -1.93. The van der Waals surface area contributed by atoms with E-state index in [0.717, 1.165) is 5.69 Å². The Hall–Kier alpha value is -1.97. The summed E-state index contributed by atoms with van der Waals surface area (Å²) in [5, 5.41) is 5.59. The van der Waals surface area contributed by atoms with Gasteiger partial charge in [-0.3, -0.25) is 0 Å². The minimum Gasteiger partial charge on any atom is -0.454 e. The van der Waals surface area contributed by atoms with Crippen LogP contribution < -0.4 is 4.74 Å². The molecular weight excluding hydrogens is 295 g/mol. The van der Waals surface area contributed by atoms with Crippen molar-refractivity contribution in [2.24, 2.45) is 0 Å². The van der Waals surface area contributed by atoms with Gasteiger partial charge < -0.3 is 4.74 Å². The van der Waals surface area contributed by atoms with E-state index in [4.69, 9.17) is 27.9 Å². The van der Waals surface area contributed by atoms with Gasteiger partial charge in [0.05, 0.1) is 18.1 Å². The summed E-state index contributed by atoms with van der Waals surface area (Å²) >= 11 is 11.8. The molecule has 0 bridgehead atoms. The van der Waals surface area contributed by atoms with Gasteiger partial charge in [0.1, 0.15) is 5.75 Å². The summed E-state index contributed by atoms with van der Waals surface area (Å²) in [6.45, 7) is 0. The predicted octanol–water partition coefficient (Wildman–Crippen LogP) is 4.97. The first-order valence-corrected chi connectivity index (χ1v) is 6.70. The Morgan fingerprint density at radius 2 is 1.70 bits per heavy atom. The normalized spacial score (nSPS) is 10.5. The Morgan fingerprint density at radius 1 is 0.900 bits per heavy atom. The fraction of sp³-hybridized carbons (Fsp3) is 0. The van der Waals surface area contributed by atoms with Crippen molar-refractivity contribution in [3.63, 3.8) is 0 Å². The van der Waals surface area contributed by atoms with Gasteiger partial charge in [-0.1, -0.05) is 29.3 Å². The van der Waals surface area contributed by atoms with E-state index in [1.54, 1.807) is 41.3 Å². The van der Waals surface area contributed by atoms with Gasteiger partial charge in [0.2, 0.25) is 0 Å². The Balaban J connectivity index is 1.82. The summed E-state index contributed by atoms with van der Waals surface area (Å²) in [6.07, 6.45) is 3.44. The van der Waals surface area contributed by atoms with Crippen LogP contribution in [0.15, 0.2) is 60.9 Å². The second kappa shape index (κ2) is 5.57. The monoisotopic (exact) mass is 304 g/mol. The second-order valence-electron chi connectivity index (χ2n) is 4.16. The van der Waals surface area contributed by atoms with Crippen molar-refractivity contribution in [2.45, 2.75) is 0 Å². The van der Waals surface area contributed by atoms with Crippen molar-refractivity contribution in [3.8, 4) is 17.2 Å². The fourth-order valence-corrected chi connectivity index (χ4v) is 2.07. The maximum Gasteiger partial charge on any atom is 0.165 e. The van der Waals surface area contributed by atoms with Crippen molar-refractivity contribution in [2.75, 3.05) is 0 Å². The summed E-state index contributed by atoms with van der Waals surface area (Å²) in [6, 6.07) is 14.6. The Bertz CT molecular complexity index is 723. The summed E-state index contributed by atoms with van der Waals surface area (Å²) < 4.78 is 7.40. The van der Waals surface area contributed by atoms with Crippen LogP contribution in [0.4, 0.5) is 0 Å². The minimum absolute atomic E-state index is 0.646. The quantitative estimate of drug-likeness (QED) is 0.683. The molecule has 0 saturated carbocycles. The average Bonchev–Trinajstić information content (AvgIpc) is 2.90. The maximum absolute atomic E-state index is 5.96. The molecule has 1 heterocycles. The number of nitrogens with zero attached hydrogens (tertiary/aromatic N) is 2. The first-order chi connectivity index (χ1) is 9.70. The van der Waals surface area contributed by atoms with Gasteiger partial charge in [0.25, 0.3) is 0 Å². The number of ether oxygens (including phenoxy) is 1. The van der Waals surface area contributed by atoms with Crippen molar-refractivity contribution >= 4 is 23.2 Å². The third kappa shape index (κ3) is 2.95. The number of rotatable bonds is 3. The van der Waals surface area contributed by atoms with Crippen LogP contribution in [0.2, 0.25) is 10.0 Å². The van der Waals surface area contributed by atoms with Gasteiger partial charge in [-0.15, -0.1) is 0 Å². The van der Waals surface area contributed by atoms with Gasteiger partial charge in [-0.05, 0) is 42.5 Å². The predicted molar refractivity (Wildman–Crippen MR) is 80.1 cm³/mol. The maximum atomic E-state index is 5.96. The molecule has 0 fully saturated rings. The van der Waals surface area contributed by atoms with Crippen molar-refractivity contribution in [1.29, 1.82) is 0 Å². The molecule has 3 rings (SSSR count). The van der Waals surface area contributed by atoms with Crippen LogP contribution in [-0.4, -0.2) is 9.78 Å². The van der Waals surface area contributed by atoms with Crippen molar-refractivity contribution < 1.29 is 4.74 Å². The SMILES string of the molecule is Clc1ccc(Oc2cnn(-c3cccc(Cl)c3)c2)cc1. The highest BCUT2D eigenvalue weighted by atomic mass is 35.5. The van der Waals surface area contributed by atoms with Crippen LogP contribution in [0, 0.1) is 0 Å². The summed E-state index contributed by atoms with van der Waals surface area (Å²) in [4.78, 5) is 0. The Labute approximate surface area is 126 Å². The molecule has 0 saturated heterocycles. The molecule has 0 unspecified atom stereocenters. The third-order valence-corrected chi connectivity index (χ3v) is 3.17. The molecule has 20 heavy (non-hydrogen) atoms. The number of hydrogen-bond acceptors (Lipinski definition) is 2. The first kappa shape index (κ1) is 13.0. The third-order valence-electron chi connectivity index (χ3n) is 2.68. The highest BCUT2D eigenvalue weighted by molar-refractivity contribution is 6.30. The van der Waals surface area contributed by atoms with Crippen LogP contribution >= 0.6 is 23.2 Å². The van der Waals surface area contributed by atoms with Crippen LogP contribution in [0.3, 0.4) is 0 Å². The van der Waals surface area contributed by atoms with Gasteiger partial charge in [-0.2, -0.15) is 5.10 Å². The molecule has 100 valence electrons. The molecule has 0 amide bonds. The van der Waals surface area contributed by atoms with Gasteiger partial charge >= 0.3 is 0 Å². The van der Waals surface area contributed by atoms with Crippen molar-refractivity contribution in [1.82, 2.24) is 9.78 Å². The smallest absolute Gasteiger partial charge is 0.165 e. The zero-order valence-electron chi connectivity index (χ0n) is 10.3. The standard InChI is InChI=1S/C15H10Cl2N2O/c16-11-4-6-14(7-5-11)20-15-9-18-19(10-15)13-3-1-2-12(17)8-13/h1-10H. The molecule has 0 atom stereocenters. The first-order valence-electron chi connectivity index (χ1n) is 5.95. The van der Waals surface area contributed by atoms with E-state index in [1.165, 1.54) is 0 Å². The van der Waals surface area contributed by atoms with Crippen LogP contribution in [0.5, 0.6) is 11.5 Å². The molecule has 0 aliphatic heterocycles. The lowest BCUT2D eigenvalue weighted by molar-refractivity contribution is 0.482. The molecular formula is C15H10Cl2N2O. The number of benzene rings is 2. The highest BCUT2D eigenvalue weighted by Gasteiger charge is 2.03. The molecule has 3 nitrogen and oxygen atoms in total. The molecule has 0 spiro atoms. The summed E-state index contributed by atoms with van der Waals surface area (Å²) in [5.41, 5.74) is 0.878. The molecule has 3 aromatic rings. The van der Waals surface area contributed by atoms with Crippen LogP contribution in [0.25, 0.3) is 5.69 Å². The molecule has 1 aromatic heterocycles. The molecule has 0 radical (unpaired) electrons. The zero-order chi connectivity index (χ0) is 13.9. The zero-order valence-corrected chi connectivity index (χ0v) is 11.8. The van der Waals surface area contributed by atoms with Crippen LogP contribution in [0.1, 0.15) is 0 Å². The molecule has 0 aliphatic carbocycles. The average molecular weight is 305 g/mol. The largest absolute Gasteiger partial charge is 0.454 e. The van der Waals surface area contributed by atoms with Gasteiger partial charge in [-0.25, -0.2) is 4.68 Å². The van der Waals surface area contributed by atoms with E-state index < -0.39 is 0 Å². The van der Waals surface area contributed by atoms with E-state index in [0.29, 0.717) is 21.5 Å². The topological polar surface area (TPSA) is 27.1 Å². The lowest BCUT2D eigenvalue weighted by atomic mass is 10.3. The van der Waals surface area contributed by atoms with E-state index >= 15 is 0 Å². The Morgan fingerprint density at radius 3 is 2.45 bits per heavy atom. The fourth-order valence-electron chi connectivity index (χ4n) is 1.76. The molecule has 0 N–H and O–H groups in total. The molecule has 2 aromatic carbocycles. The summed E-state index contributed by atoms with van der Waals surface area (Å²) in [5.74, 6) is 1.35. The number of aromatic nitrogens is 2. The van der Waals surface area contributed by atoms with E-state index in [2.05, 4.69) is 5.10 Å². The summed E-state index contributed by atoms with van der Waals surface area (Å²) in [7, 11) is 0.